The molecule has 23 heavy (non-hydrogen) atoms. The minimum absolute atomic E-state index is 0.0538. The highest BCUT2D eigenvalue weighted by Gasteiger charge is 2.09. The molecule has 120 valence electrons. The number of halogens is 1. The van der Waals surface area contributed by atoms with Crippen LogP contribution < -0.4 is 10.1 Å². The fourth-order valence-corrected chi connectivity index (χ4v) is 2.63. The first-order valence-corrected chi connectivity index (χ1v) is 7.65. The van der Waals surface area contributed by atoms with Crippen LogP contribution in [-0.2, 0) is 11.2 Å². The van der Waals surface area contributed by atoms with Crippen LogP contribution in [0.1, 0.15) is 12.0 Å². The lowest BCUT2D eigenvalue weighted by atomic mass is 10.1. The van der Waals surface area contributed by atoms with Crippen molar-refractivity contribution in [3.63, 3.8) is 0 Å². The molecule has 0 atom stereocenters. The normalized spacial score (nSPS) is 10.2. The third kappa shape index (κ3) is 4.79. The number of methoxy groups -OCH3 is 1. The first-order valence-electron chi connectivity index (χ1n) is 6.86. The van der Waals surface area contributed by atoms with Gasteiger partial charge >= 0.3 is 0 Å². The molecule has 0 aliphatic carbocycles. The molecular weight excluding hydrogens is 364 g/mol. The number of aryl methyl sites for hydroxylation is 1. The van der Waals surface area contributed by atoms with Crippen LogP contribution in [0.25, 0.3) is 0 Å². The third-order valence-electron chi connectivity index (χ3n) is 3.20. The summed E-state index contributed by atoms with van der Waals surface area (Å²) in [5.41, 5.74) is 1.36. The van der Waals surface area contributed by atoms with Crippen molar-refractivity contribution in [2.45, 2.75) is 12.8 Å². The highest BCUT2D eigenvalue weighted by atomic mass is 79.9. The number of nitrogens with one attached hydrogen (secondary N) is 1. The fraction of sp³-hybridized carbons (Fsp3) is 0.188. The van der Waals surface area contributed by atoms with E-state index in [-0.39, 0.29) is 18.0 Å². The number of nitro groups is 1. The second-order valence-electron chi connectivity index (χ2n) is 4.82. The number of anilines is 1. The highest BCUT2D eigenvalue weighted by Crippen LogP contribution is 2.26. The number of benzene rings is 2. The Balaban J connectivity index is 1.94. The van der Waals surface area contributed by atoms with Gasteiger partial charge in [0.05, 0.1) is 16.5 Å². The number of rotatable bonds is 6. The van der Waals surface area contributed by atoms with Gasteiger partial charge in [0.25, 0.3) is 5.69 Å². The predicted molar refractivity (Wildman–Crippen MR) is 90.7 cm³/mol. The van der Waals surface area contributed by atoms with Gasteiger partial charge in [-0.15, -0.1) is 0 Å². The molecule has 0 heterocycles. The van der Waals surface area contributed by atoms with Crippen molar-refractivity contribution in [2.24, 2.45) is 0 Å². The van der Waals surface area contributed by atoms with Crippen LogP contribution in [-0.4, -0.2) is 17.9 Å². The topological polar surface area (TPSA) is 81.5 Å². The Hall–Kier alpha value is -2.41. The monoisotopic (exact) mass is 378 g/mol. The van der Waals surface area contributed by atoms with Crippen LogP contribution in [0.3, 0.4) is 0 Å². The molecule has 0 radical (unpaired) electrons. The molecule has 1 amide bonds. The Kier molecular flexibility index (Phi) is 5.70. The molecule has 0 unspecified atom stereocenters. The van der Waals surface area contributed by atoms with Gasteiger partial charge in [-0.1, -0.05) is 12.1 Å². The van der Waals surface area contributed by atoms with Gasteiger partial charge in [0.2, 0.25) is 5.91 Å². The number of hydrogen-bond acceptors (Lipinski definition) is 4. The van der Waals surface area contributed by atoms with E-state index in [1.807, 2.05) is 18.2 Å². The van der Waals surface area contributed by atoms with Gasteiger partial charge in [-0.2, -0.15) is 0 Å². The molecule has 0 saturated carbocycles. The van der Waals surface area contributed by atoms with E-state index in [2.05, 4.69) is 21.2 Å². The average Bonchev–Trinajstić information content (AvgIpc) is 2.53. The van der Waals surface area contributed by atoms with E-state index >= 15 is 0 Å². The molecular formula is C16H15BrN2O4. The van der Waals surface area contributed by atoms with Crippen molar-refractivity contribution < 1.29 is 14.5 Å². The van der Waals surface area contributed by atoms with E-state index in [9.17, 15) is 14.9 Å². The maximum atomic E-state index is 12.0. The van der Waals surface area contributed by atoms with Gasteiger partial charge in [-0.05, 0) is 46.1 Å². The van der Waals surface area contributed by atoms with Crippen molar-refractivity contribution in [1.82, 2.24) is 0 Å². The number of amides is 1. The van der Waals surface area contributed by atoms with E-state index in [0.717, 1.165) is 15.8 Å². The standard InChI is InChI=1S/C16H15BrN2O4/c1-23-15-7-5-11(9-14(15)17)6-8-16(20)18-12-3-2-4-13(10-12)19(21)22/h2-5,7,9-10H,6,8H2,1H3,(H,18,20). The summed E-state index contributed by atoms with van der Waals surface area (Å²) in [5.74, 6) is 0.534. The number of nitro benzene ring substituents is 1. The molecule has 2 aromatic rings. The number of ether oxygens (including phenoxy) is 1. The molecule has 2 rings (SSSR count). The highest BCUT2D eigenvalue weighted by molar-refractivity contribution is 9.10. The molecule has 0 fully saturated rings. The zero-order chi connectivity index (χ0) is 16.8. The lowest BCUT2D eigenvalue weighted by Crippen LogP contribution is -2.12. The molecule has 0 aliphatic heterocycles. The molecule has 2 aromatic carbocycles. The average molecular weight is 379 g/mol. The van der Waals surface area contributed by atoms with Crippen LogP contribution in [0.2, 0.25) is 0 Å². The summed E-state index contributed by atoms with van der Waals surface area (Å²) in [6, 6.07) is 11.5. The van der Waals surface area contributed by atoms with Gasteiger partial charge in [-0.25, -0.2) is 0 Å². The molecule has 6 nitrogen and oxygen atoms in total. The lowest BCUT2D eigenvalue weighted by molar-refractivity contribution is -0.384. The number of carbonyl (C=O) groups is 1. The van der Waals surface area contributed by atoms with Crippen LogP contribution in [0.4, 0.5) is 11.4 Å². The number of hydrogen-bond donors (Lipinski definition) is 1. The van der Waals surface area contributed by atoms with Crippen LogP contribution in [0.15, 0.2) is 46.9 Å². The van der Waals surface area contributed by atoms with Gasteiger partial charge in [0, 0.05) is 24.2 Å². The Morgan fingerprint density at radius 2 is 2.09 bits per heavy atom. The first-order chi connectivity index (χ1) is 11.0. The van der Waals surface area contributed by atoms with E-state index < -0.39 is 4.92 Å². The summed E-state index contributed by atoms with van der Waals surface area (Å²) in [7, 11) is 1.59. The molecule has 0 aliphatic rings. The second kappa shape index (κ2) is 7.73. The Morgan fingerprint density at radius 3 is 2.74 bits per heavy atom. The summed E-state index contributed by atoms with van der Waals surface area (Å²) in [4.78, 5) is 22.2. The molecule has 0 spiro atoms. The van der Waals surface area contributed by atoms with E-state index in [4.69, 9.17) is 4.74 Å². The summed E-state index contributed by atoms with van der Waals surface area (Å²) >= 11 is 3.40. The Bertz CT molecular complexity index is 734. The largest absolute Gasteiger partial charge is 0.496 e. The molecule has 0 saturated heterocycles. The summed E-state index contributed by atoms with van der Waals surface area (Å²) < 4.78 is 5.98. The van der Waals surface area contributed by atoms with Gasteiger partial charge in [0.15, 0.2) is 0 Å². The smallest absolute Gasteiger partial charge is 0.271 e. The molecule has 7 heteroatoms. The summed E-state index contributed by atoms with van der Waals surface area (Å²) in [6.07, 6.45) is 0.838. The number of carbonyl (C=O) groups excluding carboxylic acids is 1. The van der Waals surface area contributed by atoms with E-state index in [0.29, 0.717) is 12.1 Å². The van der Waals surface area contributed by atoms with Crippen molar-refractivity contribution in [1.29, 1.82) is 0 Å². The predicted octanol–water partition coefficient (Wildman–Crippen LogP) is 3.94. The van der Waals surface area contributed by atoms with Crippen molar-refractivity contribution in [3.8, 4) is 5.75 Å². The van der Waals surface area contributed by atoms with Gasteiger partial charge in [0.1, 0.15) is 5.75 Å². The zero-order valence-electron chi connectivity index (χ0n) is 12.4. The maximum absolute atomic E-state index is 12.0. The van der Waals surface area contributed by atoms with E-state index in [1.165, 1.54) is 18.2 Å². The molecule has 0 bridgehead atoms. The zero-order valence-corrected chi connectivity index (χ0v) is 14.0. The van der Waals surface area contributed by atoms with Gasteiger partial charge in [-0.3, -0.25) is 14.9 Å². The Labute approximate surface area is 141 Å². The minimum atomic E-state index is -0.495. The van der Waals surface area contributed by atoms with Crippen LogP contribution in [0.5, 0.6) is 5.75 Å². The van der Waals surface area contributed by atoms with Crippen LogP contribution in [0, 0.1) is 10.1 Å². The quantitative estimate of drug-likeness (QED) is 0.609. The first kappa shape index (κ1) is 17.0. The molecule has 0 aromatic heterocycles. The SMILES string of the molecule is COc1ccc(CCC(=O)Nc2cccc([N+](=O)[O-])c2)cc1Br. The van der Waals surface area contributed by atoms with Crippen molar-refractivity contribution >= 4 is 33.2 Å². The second-order valence-corrected chi connectivity index (χ2v) is 5.68. The van der Waals surface area contributed by atoms with Gasteiger partial charge < -0.3 is 10.1 Å². The third-order valence-corrected chi connectivity index (χ3v) is 3.82. The van der Waals surface area contributed by atoms with Crippen molar-refractivity contribution in [2.75, 3.05) is 12.4 Å². The fourth-order valence-electron chi connectivity index (χ4n) is 2.04. The number of non-ortho nitro benzene ring substituents is 1. The number of nitrogens with zero attached hydrogens (tertiary/aromatic N) is 1. The summed E-state index contributed by atoms with van der Waals surface area (Å²) in [6.45, 7) is 0. The van der Waals surface area contributed by atoms with Crippen molar-refractivity contribution in [3.05, 3.63) is 62.6 Å². The minimum Gasteiger partial charge on any atom is -0.496 e. The molecule has 1 N–H and O–H groups in total. The Morgan fingerprint density at radius 1 is 1.30 bits per heavy atom. The summed E-state index contributed by atoms with van der Waals surface area (Å²) in [5, 5.41) is 13.4. The van der Waals surface area contributed by atoms with E-state index in [1.54, 1.807) is 13.2 Å². The maximum Gasteiger partial charge on any atom is 0.271 e. The lowest BCUT2D eigenvalue weighted by Gasteiger charge is -2.07. The van der Waals surface area contributed by atoms with Crippen LogP contribution >= 0.6 is 15.9 Å².